The van der Waals surface area contributed by atoms with Gasteiger partial charge in [0.15, 0.2) is 11.5 Å². The molecule has 4 nitrogen and oxygen atoms in total. The third-order valence-electron chi connectivity index (χ3n) is 4.83. The number of halogens is 2. The van der Waals surface area contributed by atoms with E-state index in [1.165, 1.54) is 5.56 Å². The molecule has 3 rings (SSSR count). The van der Waals surface area contributed by atoms with Crippen LogP contribution >= 0.6 is 31.9 Å². The van der Waals surface area contributed by atoms with Crippen molar-refractivity contribution >= 4 is 31.9 Å². The van der Waals surface area contributed by atoms with Crippen molar-refractivity contribution in [2.45, 2.75) is 39.2 Å². The van der Waals surface area contributed by atoms with Gasteiger partial charge < -0.3 is 15.1 Å². The first-order chi connectivity index (χ1) is 12.4. The summed E-state index contributed by atoms with van der Waals surface area (Å²) in [7, 11) is 0. The Labute approximate surface area is 170 Å². The highest BCUT2D eigenvalue weighted by Gasteiger charge is 2.26. The molecule has 1 aromatic heterocycles. The smallest absolute Gasteiger partial charge is 0.173 e. The molecule has 2 heterocycles. The molecule has 1 aromatic carbocycles. The van der Waals surface area contributed by atoms with Crippen molar-refractivity contribution in [1.29, 1.82) is 0 Å². The zero-order chi connectivity index (χ0) is 18.8. The highest BCUT2D eigenvalue weighted by atomic mass is 79.9. The van der Waals surface area contributed by atoms with Crippen LogP contribution < -0.4 is 0 Å². The minimum Gasteiger partial charge on any atom is -0.503 e. The summed E-state index contributed by atoms with van der Waals surface area (Å²) < 4.78 is 1.15. The molecule has 0 radical (unpaired) electrons. The number of benzene rings is 1. The standard InChI is InChI=1S/C20H22Br2N2O2/c1-12-6-7-14(23-10-12)5-3-4-13(2)24-9-8-15-16(11-24)18(22)20(26)19(25)17(15)21/h6-7,10,25-26H,2-5,8-9,11H2,1H3. The Morgan fingerprint density at radius 1 is 1.19 bits per heavy atom. The molecule has 0 bridgehead atoms. The van der Waals surface area contributed by atoms with Gasteiger partial charge in [0.1, 0.15) is 0 Å². The van der Waals surface area contributed by atoms with Gasteiger partial charge in [-0.1, -0.05) is 12.6 Å². The number of aromatic hydroxyl groups is 2. The van der Waals surface area contributed by atoms with E-state index in [9.17, 15) is 10.2 Å². The number of hydrogen-bond acceptors (Lipinski definition) is 4. The number of phenolic OH excluding ortho intramolecular Hbond substituents is 2. The van der Waals surface area contributed by atoms with Crippen molar-refractivity contribution in [2.75, 3.05) is 6.54 Å². The van der Waals surface area contributed by atoms with Crippen LogP contribution in [0.25, 0.3) is 0 Å². The Morgan fingerprint density at radius 2 is 1.88 bits per heavy atom. The first-order valence-corrected chi connectivity index (χ1v) is 10.2. The van der Waals surface area contributed by atoms with E-state index in [4.69, 9.17) is 0 Å². The van der Waals surface area contributed by atoms with Gasteiger partial charge in [-0.05, 0) is 87.2 Å². The summed E-state index contributed by atoms with van der Waals surface area (Å²) in [5, 5.41) is 20.1. The molecule has 2 N–H and O–H groups in total. The fraction of sp³-hybridized carbons (Fsp3) is 0.350. The molecule has 0 saturated heterocycles. The zero-order valence-corrected chi connectivity index (χ0v) is 17.9. The van der Waals surface area contributed by atoms with E-state index in [-0.39, 0.29) is 11.5 Å². The largest absolute Gasteiger partial charge is 0.503 e. The van der Waals surface area contributed by atoms with Crippen molar-refractivity contribution in [1.82, 2.24) is 9.88 Å². The molecular formula is C20H22Br2N2O2. The van der Waals surface area contributed by atoms with Crippen LogP contribution in [0.3, 0.4) is 0 Å². The number of allylic oxidation sites excluding steroid dienone is 1. The Balaban J connectivity index is 1.63. The zero-order valence-electron chi connectivity index (χ0n) is 14.7. The van der Waals surface area contributed by atoms with Crippen LogP contribution in [0.2, 0.25) is 0 Å². The van der Waals surface area contributed by atoms with Crippen LogP contribution in [0, 0.1) is 6.92 Å². The number of aryl methyl sites for hydroxylation is 2. The molecule has 0 unspecified atom stereocenters. The maximum absolute atomic E-state index is 10.1. The van der Waals surface area contributed by atoms with E-state index in [0.717, 1.165) is 54.7 Å². The Hall–Kier alpha value is -1.53. The molecule has 0 amide bonds. The van der Waals surface area contributed by atoms with Crippen molar-refractivity contribution in [3.05, 3.63) is 61.9 Å². The number of hydrogen-bond donors (Lipinski definition) is 2. The van der Waals surface area contributed by atoms with Crippen molar-refractivity contribution in [2.24, 2.45) is 0 Å². The molecular weight excluding hydrogens is 460 g/mol. The van der Waals surface area contributed by atoms with Gasteiger partial charge in [0.2, 0.25) is 0 Å². The average molecular weight is 482 g/mol. The van der Waals surface area contributed by atoms with Gasteiger partial charge in [0.25, 0.3) is 0 Å². The monoisotopic (exact) mass is 480 g/mol. The average Bonchev–Trinajstić information content (AvgIpc) is 2.65. The SMILES string of the molecule is C=C(CCCc1ccc(C)cn1)N1CCc2c(Br)c(O)c(O)c(Br)c2C1. The fourth-order valence-electron chi connectivity index (χ4n) is 3.25. The molecule has 6 heteroatoms. The van der Waals surface area contributed by atoms with Gasteiger partial charge in [-0.15, -0.1) is 0 Å². The summed E-state index contributed by atoms with van der Waals surface area (Å²) in [6, 6.07) is 4.18. The van der Waals surface area contributed by atoms with Crippen molar-refractivity contribution in [3.8, 4) is 11.5 Å². The van der Waals surface area contributed by atoms with E-state index in [0.29, 0.717) is 15.5 Å². The summed E-state index contributed by atoms with van der Waals surface area (Å²) in [5.41, 5.74) is 5.42. The maximum Gasteiger partial charge on any atom is 0.173 e. The molecule has 1 aliphatic heterocycles. The first-order valence-electron chi connectivity index (χ1n) is 8.63. The van der Waals surface area contributed by atoms with E-state index >= 15 is 0 Å². The number of fused-ring (bicyclic) bond motifs is 1. The van der Waals surface area contributed by atoms with Crippen molar-refractivity contribution < 1.29 is 10.2 Å². The summed E-state index contributed by atoms with van der Waals surface area (Å²) in [6.07, 6.45) is 5.55. The minimum atomic E-state index is -0.117. The predicted molar refractivity (Wildman–Crippen MR) is 110 cm³/mol. The normalized spacial score (nSPS) is 13.6. The van der Waals surface area contributed by atoms with Crippen LogP contribution in [0.5, 0.6) is 11.5 Å². The molecule has 0 fully saturated rings. The van der Waals surface area contributed by atoms with E-state index in [2.05, 4.69) is 60.5 Å². The predicted octanol–water partition coefficient (Wildman–Crippen LogP) is 5.22. The van der Waals surface area contributed by atoms with Gasteiger partial charge in [-0.25, -0.2) is 0 Å². The highest BCUT2D eigenvalue weighted by molar-refractivity contribution is 9.11. The van der Waals surface area contributed by atoms with Crippen molar-refractivity contribution in [3.63, 3.8) is 0 Å². The summed E-state index contributed by atoms with van der Waals surface area (Å²) in [5.74, 6) is -0.220. The topological polar surface area (TPSA) is 56.6 Å². The second-order valence-corrected chi connectivity index (χ2v) is 8.29. The third kappa shape index (κ3) is 3.91. The summed E-state index contributed by atoms with van der Waals surface area (Å²) in [6.45, 7) is 7.82. The minimum absolute atomic E-state index is 0.103. The third-order valence-corrected chi connectivity index (χ3v) is 6.54. The Morgan fingerprint density at radius 3 is 2.54 bits per heavy atom. The lowest BCUT2D eigenvalue weighted by Gasteiger charge is -2.33. The Kier molecular flexibility index (Phi) is 5.92. The summed E-state index contributed by atoms with van der Waals surface area (Å²) >= 11 is 6.82. The van der Waals surface area contributed by atoms with Gasteiger partial charge in [0.05, 0.1) is 8.95 Å². The molecule has 0 spiro atoms. The molecule has 0 atom stereocenters. The molecule has 2 aromatic rings. The van der Waals surface area contributed by atoms with E-state index < -0.39 is 0 Å². The van der Waals surface area contributed by atoms with Gasteiger partial charge in [-0.2, -0.15) is 0 Å². The van der Waals surface area contributed by atoms with Crippen LogP contribution in [0.1, 0.15) is 35.2 Å². The quantitative estimate of drug-likeness (QED) is 0.574. The number of nitrogens with zero attached hydrogens (tertiary/aromatic N) is 2. The molecule has 1 aliphatic rings. The fourth-order valence-corrected chi connectivity index (χ4v) is 4.43. The van der Waals surface area contributed by atoms with Crippen LogP contribution in [0.15, 0.2) is 39.6 Å². The second-order valence-electron chi connectivity index (χ2n) is 6.70. The molecule has 138 valence electrons. The van der Waals surface area contributed by atoms with Crippen LogP contribution in [0.4, 0.5) is 0 Å². The first kappa shape index (κ1) is 19.2. The van der Waals surface area contributed by atoms with E-state index in [1.807, 2.05) is 13.1 Å². The van der Waals surface area contributed by atoms with Crippen LogP contribution in [-0.4, -0.2) is 26.6 Å². The molecule has 0 aliphatic carbocycles. The maximum atomic E-state index is 10.1. The molecule has 26 heavy (non-hydrogen) atoms. The number of rotatable bonds is 5. The van der Waals surface area contributed by atoms with Crippen LogP contribution in [-0.2, 0) is 19.4 Å². The number of aromatic nitrogens is 1. The molecule has 0 saturated carbocycles. The Bertz CT molecular complexity index is 835. The highest BCUT2D eigenvalue weighted by Crippen LogP contribution is 2.46. The van der Waals surface area contributed by atoms with Gasteiger partial charge in [0, 0.05) is 30.7 Å². The lowest BCUT2D eigenvalue weighted by atomic mass is 9.97. The lowest BCUT2D eigenvalue weighted by molar-refractivity contribution is 0.306. The number of phenols is 2. The lowest BCUT2D eigenvalue weighted by Crippen LogP contribution is -2.30. The van der Waals surface area contributed by atoms with Gasteiger partial charge >= 0.3 is 0 Å². The van der Waals surface area contributed by atoms with E-state index in [1.54, 1.807) is 0 Å². The van der Waals surface area contributed by atoms with Gasteiger partial charge in [-0.3, -0.25) is 4.98 Å². The second kappa shape index (κ2) is 8.01. The number of pyridine rings is 1. The summed E-state index contributed by atoms with van der Waals surface area (Å²) in [4.78, 5) is 6.70.